The Morgan fingerprint density at radius 3 is 2.59 bits per heavy atom. The van der Waals surface area contributed by atoms with E-state index in [9.17, 15) is 4.79 Å². The van der Waals surface area contributed by atoms with Gasteiger partial charge in [0.15, 0.2) is 0 Å². The van der Waals surface area contributed by atoms with Gasteiger partial charge in [-0.25, -0.2) is 9.97 Å². The first-order valence-electron chi connectivity index (χ1n) is 9.01. The number of hydrogen-bond donors (Lipinski definition) is 1. The fourth-order valence-corrected chi connectivity index (χ4v) is 3.60. The third kappa shape index (κ3) is 3.40. The van der Waals surface area contributed by atoms with E-state index in [1.54, 1.807) is 12.4 Å². The number of nitrogens with zero attached hydrogens (tertiary/aromatic N) is 4. The lowest BCUT2D eigenvalue weighted by Crippen LogP contribution is -2.31. The third-order valence-corrected chi connectivity index (χ3v) is 4.86. The zero-order valence-corrected chi connectivity index (χ0v) is 15.3. The SMILES string of the molecule is Cc1noc(C)c1C1CCCN1C(=O)c1cnc(Nc2ccccc2)nc1. The van der Waals surface area contributed by atoms with Gasteiger partial charge in [0.25, 0.3) is 5.91 Å². The summed E-state index contributed by atoms with van der Waals surface area (Å²) in [6.07, 6.45) is 5.00. The molecule has 0 bridgehead atoms. The number of para-hydroxylation sites is 1. The Bertz CT molecular complexity index is 917. The lowest BCUT2D eigenvalue weighted by Gasteiger charge is -2.24. The van der Waals surface area contributed by atoms with Crippen LogP contribution >= 0.6 is 0 Å². The number of carbonyl (C=O) groups is 1. The lowest BCUT2D eigenvalue weighted by molar-refractivity contribution is 0.0734. The molecule has 4 rings (SSSR count). The molecule has 2 aromatic heterocycles. The molecule has 0 saturated carbocycles. The van der Waals surface area contributed by atoms with Gasteiger partial charge < -0.3 is 14.7 Å². The van der Waals surface area contributed by atoms with Gasteiger partial charge in [-0.3, -0.25) is 4.79 Å². The molecule has 1 aliphatic heterocycles. The Hall–Kier alpha value is -3.22. The van der Waals surface area contributed by atoms with E-state index < -0.39 is 0 Å². The van der Waals surface area contributed by atoms with Crippen LogP contribution in [0.25, 0.3) is 0 Å². The molecule has 1 fully saturated rings. The van der Waals surface area contributed by atoms with Crippen LogP contribution in [0.5, 0.6) is 0 Å². The minimum Gasteiger partial charge on any atom is -0.361 e. The average Bonchev–Trinajstić information content (AvgIpc) is 3.29. The van der Waals surface area contributed by atoms with Crippen molar-refractivity contribution in [2.24, 2.45) is 0 Å². The number of aryl methyl sites for hydroxylation is 2. The van der Waals surface area contributed by atoms with Gasteiger partial charge in [-0.15, -0.1) is 0 Å². The van der Waals surface area contributed by atoms with Gasteiger partial charge in [-0.1, -0.05) is 23.4 Å². The predicted molar refractivity (Wildman–Crippen MR) is 101 cm³/mol. The quantitative estimate of drug-likeness (QED) is 0.759. The number of hydrogen-bond acceptors (Lipinski definition) is 6. The van der Waals surface area contributed by atoms with Crippen LogP contribution in [0.4, 0.5) is 11.6 Å². The first-order valence-corrected chi connectivity index (χ1v) is 9.01. The van der Waals surface area contributed by atoms with Crippen molar-refractivity contribution in [3.63, 3.8) is 0 Å². The van der Waals surface area contributed by atoms with E-state index in [0.29, 0.717) is 18.1 Å². The fourth-order valence-electron chi connectivity index (χ4n) is 3.60. The molecular formula is C20H21N5O2. The lowest BCUT2D eigenvalue weighted by atomic mass is 10.0. The highest BCUT2D eigenvalue weighted by Gasteiger charge is 2.34. The van der Waals surface area contributed by atoms with Crippen molar-refractivity contribution in [1.29, 1.82) is 0 Å². The molecule has 7 nitrogen and oxygen atoms in total. The molecule has 1 atom stereocenters. The number of amides is 1. The van der Waals surface area contributed by atoms with Crippen molar-refractivity contribution in [2.75, 3.05) is 11.9 Å². The summed E-state index contributed by atoms with van der Waals surface area (Å²) in [5.74, 6) is 1.17. The Labute approximate surface area is 157 Å². The zero-order valence-electron chi connectivity index (χ0n) is 15.3. The van der Waals surface area contributed by atoms with Crippen molar-refractivity contribution in [1.82, 2.24) is 20.0 Å². The topological polar surface area (TPSA) is 84.2 Å². The fraction of sp³-hybridized carbons (Fsp3) is 0.300. The molecule has 0 aliphatic carbocycles. The molecule has 1 aliphatic rings. The number of aromatic nitrogens is 3. The average molecular weight is 363 g/mol. The van der Waals surface area contributed by atoms with E-state index >= 15 is 0 Å². The molecular weight excluding hydrogens is 342 g/mol. The van der Waals surface area contributed by atoms with Crippen molar-refractivity contribution in [3.8, 4) is 0 Å². The molecule has 27 heavy (non-hydrogen) atoms. The van der Waals surface area contributed by atoms with Crippen LogP contribution in [0.1, 0.15) is 46.3 Å². The van der Waals surface area contributed by atoms with Crippen molar-refractivity contribution in [2.45, 2.75) is 32.7 Å². The summed E-state index contributed by atoms with van der Waals surface area (Å²) >= 11 is 0. The number of rotatable bonds is 4. The minimum absolute atomic E-state index is 0.00845. The molecule has 138 valence electrons. The molecule has 1 saturated heterocycles. The standard InChI is InChI=1S/C20H21N5O2/c1-13-18(14(2)27-24-13)17-9-6-10-25(17)19(26)15-11-21-20(22-12-15)23-16-7-4-3-5-8-16/h3-5,7-8,11-12,17H,6,9-10H2,1-2H3,(H,21,22,23). The van der Waals surface area contributed by atoms with E-state index in [1.165, 1.54) is 0 Å². The monoisotopic (exact) mass is 363 g/mol. The number of likely N-dealkylation sites (tertiary alicyclic amines) is 1. The number of nitrogens with one attached hydrogen (secondary N) is 1. The van der Waals surface area contributed by atoms with Gasteiger partial charge in [0, 0.05) is 30.2 Å². The molecule has 0 spiro atoms. The van der Waals surface area contributed by atoms with Crippen LogP contribution in [-0.2, 0) is 0 Å². The van der Waals surface area contributed by atoms with Crippen molar-refractivity contribution >= 4 is 17.5 Å². The first kappa shape index (κ1) is 17.2. The molecule has 1 amide bonds. The maximum absolute atomic E-state index is 13.0. The van der Waals surface area contributed by atoms with E-state index in [0.717, 1.165) is 35.5 Å². The summed E-state index contributed by atoms with van der Waals surface area (Å²) in [6, 6.07) is 9.66. The molecule has 0 radical (unpaired) electrons. The van der Waals surface area contributed by atoms with Crippen LogP contribution in [0, 0.1) is 13.8 Å². The second-order valence-corrected chi connectivity index (χ2v) is 6.68. The Morgan fingerprint density at radius 2 is 1.93 bits per heavy atom. The van der Waals surface area contributed by atoms with Gasteiger partial charge in [-0.05, 0) is 38.8 Å². The van der Waals surface area contributed by atoms with Crippen LogP contribution in [-0.4, -0.2) is 32.5 Å². The van der Waals surface area contributed by atoms with Gasteiger partial charge in [0.1, 0.15) is 5.76 Å². The number of benzene rings is 1. The second kappa shape index (κ2) is 7.19. The Morgan fingerprint density at radius 1 is 1.19 bits per heavy atom. The van der Waals surface area contributed by atoms with Crippen LogP contribution < -0.4 is 5.32 Å². The highest BCUT2D eigenvalue weighted by atomic mass is 16.5. The van der Waals surface area contributed by atoms with Crippen LogP contribution in [0.2, 0.25) is 0 Å². The second-order valence-electron chi connectivity index (χ2n) is 6.68. The normalized spacial score (nSPS) is 16.5. The van der Waals surface area contributed by atoms with Gasteiger partial charge in [0.05, 0.1) is 17.3 Å². The van der Waals surface area contributed by atoms with Crippen molar-refractivity contribution < 1.29 is 9.32 Å². The highest BCUT2D eigenvalue weighted by Crippen LogP contribution is 2.36. The van der Waals surface area contributed by atoms with Crippen LogP contribution in [0.3, 0.4) is 0 Å². The number of anilines is 2. The Kier molecular flexibility index (Phi) is 4.58. The summed E-state index contributed by atoms with van der Waals surface area (Å²) in [5.41, 5.74) is 3.24. The highest BCUT2D eigenvalue weighted by molar-refractivity contribution is 5.94. The maximum Gasteiger partial charge on any atom is 0.257 e. The minimum atomic E-state index is -0.0660. The molecule has 1 unspecified atom stereocenters. The third-order valence-electron chi connectivity index (χ3n) is 4.86. The largest absolute Gasteiger partial charge is 0.361 e. The van der Waals surface area contributed by atoms with E-state index in [4.69, 9.17) is 4.52 Å². The smallest absolute Gasteiger partial charge is 0.257 e. The van der Waals surface area contributed by atoms with Crippen LogP contribution in [0.15, 0.2) is 47.2 Å². The first-order chi connectivity index (χ1) is 13.1. The molecule has 1 N–H and O–H groups in total. The summed E-state index contributed by atoms with van der Waals surface area (Å²) < 4.78 is 5.29. The van der Waals surface area contributed by atoms with E-state index in [-0.39, 0.29) is 11.9 Å². The summed E-state index contributed by atoms with van der Waals surface area (Å²) in [6.45, 7) is 4.51. The van der Waals surface area contributed by atoms with E-state index in [1.807, 2.05) is 49.1 Å². The molecule has 7 heteroatoms. The summed E-state index contributed by atoms with van der Waals surface area (Å²) in [5, 5.41) is 7.15. The number of carbonyl (C=O) groups excluding carboxylic acids is 1. The van der Waals surface area contributed by atoms with Gasteiger partial charge in [-0.2, -0.15) is 0 Å². The summed E-state index contributed by atoms with van der Waals surface area (Å²) in [7, 11) is 0. The van der Waals surface area contributed by atoms with Crippen molar-refractivity contribution in [3.05, 3.63) is 65.3 Å². The predicted octanol–water partition coefficient (Wildman–Crippen LogP) is 3.80. The molecule has 1 aromatic carbocycles. The summed E-state index contributed by atoms with van der Waals surface area (Å²) in [4.78, 5) is 23.5. The maximum atomic E-state index is 13.0. The zero-order chi connectivity index (χ0) is 18.8. The Balaban J connectivity index is 1.52. The van der Waals surface area contributed by atoms with Gasteiger partial charge in [0.2, 0.25) is 5.95 Å². The van der Waals surface area contributed by atoms with E-state index in [2.05, 4.69) is 20.4 Å². The molecule has 3 aromatic rings. The molecule has 3 heterocycles. The van der Waals surface area contributed by atoms with Gasteiger partial charge >= 0.3 is 0 Å².